The number of para-hydroxylation sites is 2. The fourth-order valence-electron chi connectivity index (χ4n) is 2.86. The van der Waals surface area contributed by atoms with Gasteiger partial charge in [0.15, 0.2) is 0 Å². The molecule has 4 rings (SSSR count). The molecule has 0 aliphatic heterocycles. The molecule has 6 nitrogen and oxygen atoms in total. The second-order valence-electron chi connectivity index (χ2n) is 6.45. The molecule has 0 aliphatic rings. The monoisotopic (exact) mass is 416 g/mol. The van der Waals surface area contributed by atoms with Gasteiger partial charge in [0, 0.05) is 0 Å². The van der Waals surface area contributed by atoms with Crippen LogP contribution in [0.4, 0.5) is 11.4 Å². The molecule has 0 radical (unpaired) electrons. The summed E-state index contributed by atoms with van der Waals surface area (Å²) in [5.74, 6) is 0.512. The number of hydrogen-bond donors (Lipinski definition) is 1. The molecule has 0 fully saturated rings. The number of carbonyl (C=O) groups is 1. The van der Waals surface area contributed by atoms with E-state index in [1.54, 1.807) is 5.01 Å². The Morgan fingerprint density at radius 2 is 1.40 bits per heavy atom. The third-order valence-corrected chi connectivity index (χ3v) is 5.06. The number of nitrogens with one attached hydrogen (secondary N) is 1. The van der Waals surface area contributed by atoms with Crippen molar-refractivity contribution in [3.8, 4) is 0 Å². The van der Waals surface area contributed by atoms with Crippen molar-refractivity contribution in [3.63, 3.8) is 0 Å². The lowest BCUT2D eigenvalue weighted by Crippen LogP contribution is -2.39. The molecule has 4 aromatic rings. The predicted octanol–water partition coefficient (Wildman–Crippen LogP) is 4.62. The second kappa shape index (κ2) is 9.76. The Balaban J connectivity index is 1.37. The van der Waals surface area contributed by atoms with Gasteiger partial charge >= 0.3 is 0 Å². The van der Waals surface area contributed by atoms with E-state index in [2.05, 4.69) is 15.6 Å². The van der Waals surface area contributed by atoms with Crippen LogP contribution in [0.1, 0.15) is 11.5 Å². The van der Waals surface area contributed by atoms with Crippen LogP contribution in [0.5, 0.6) is 0 Å². The summed E-state index contributed by atoms with van der Waals surface area (Å²) in [5, 5.41) is 10.2. The molecule has 1 heterocycles. The lowest BCUT2D eigenvalue weighted by molar-refractivity contribution is -0.118. The highest BCUT2D eigenvalue weighted by atomic mass is 32.2. The van der Waals surface area contributed by atoms with E-state index >= 15 is 0 Å². The van der Waals surface area contributed by atoms with Gasteiger partial charge in [-0.2, -0.15) is 0 Å². The van der Waals surface area contributed by atoms with Gasteiger partial charge in [-0.1, -0.05) is 78.5 Å². The fourth-order valence-corrected chi connectivity index (χ4v) is 3.43. The van der Waals surface area contributed by atoms with E-state index in [9.17, 15) is 4.79 Å². The van der Waals surface area contributed by atoms with Gasteiger partial charge in [-0.05, 0) is 29.8 Å². The highest BCUT2D eigenvalue weighted by Crippen LogP contribution is 2.23. The van der Waals surface area contributed by atoms with E-state index in [-0.39, 0.29) is 11.7 Å². The first-order valence-corrected chi connectivity index (χ1v) is 10.5. The van der Waals surface area contributed by atoms with Crippen LogP contribution in [-0.2, 0) is 11.2 Å². The Labute approximate surface area is 178 Å². The quantitative estimate of drug-likeness (QED) is 0.334. The molecule has 1 N–H and O–H groups in total. The summed E-state index contributed by atoms with van der Waals surface area (Å²) >= 11 is 1.21. The number of rotatable bonds is 8. The average molecular weight is 417 g/mol. The van der Waals surface area contributed by atoms with E-state index in [1.165, 1.54) is 11.8 Å². The van der Waals surface area contributed by atoms with Gasteiger partial charge in [0.05, 0.1) is 23.5 Å². The maximum atomic E-state index is 12.6. The second-order valence-corrected chi connectivity index (χ2v) is 7.38. The number of anilines is 2. The van der Waals surface area contributed by atoms with Crippen LogP contribution in [0.15, 0.2) is 101 Å². The summed E-state index contributed by atoms with van der Waals surface area (Å²) in [6.07, 6.45) is 0.566. The van der Waals surface area contributed by atoms with Crippen molar-refractivity contribution in [2.75, 3.05) is 10.8 Å². The van der Waals surface area contributed by atoms with Crippen molar-refractivity contribution < 1.29 is 9.21 Å². The van der Waals surface area contributed by atoms with Gasteiger partial charge < -0.3 is 4.42 Å². The highest BCUT2D eigenvalue weighted by Gasteiger charge is 2.15. The molecule has 0 atom stereocenters. The largest absolute Gasteiger partial charge is 0.416 e. The molecule has 0 unspecified atom stereocenters. The highest BCUT2D eigenvalue weighted by molar-refractivity contribution is 7.99. The zero-order chi connectivity index (χ0) is 20.6. The Kier molecular flexibility index (Phi) is 6.41. The first-order chi connectivity index (χ1) is 14.8. The summed E-state index contributed by atoms with van der Waals surface area (Å²) in [4.78, 5) is 12.6. The van der Waals surface area contributed by atoms with Gasteiger partial charge in [-0.25, -0.2) is 0 Å². The molecule has 1 amide bonds. The molecular formula is C23H20N4O2S. The maximum absolute atomic E-state index is 12.6. The van der Waals surface area contributed by atoms with Gasteiger partial charge in [0.25, 0.3) is 5.22 Å². The number of aromatic nitrogens is 2. The zero-order valence-corrected chi connectivity index (χ0v) is 17.0. The Bertz CT molecular complexity index is 1030. The fraction of sp³-hybridized carbons (Fsp3) is 0.0870. The van der Waals surface area contributed by atoms with E-state index < -0.39 is 0 Å². The molecule has 1 aromatic heterocycles. The summed E-state index contributed by atoms with van der Waals surface area (Å²) in [6, 6.07) is 29.3. The molecular weight excluding hydrogens is 396 g/mol. The number of thioether (sulfide) groups is 1. The minimum absolute atomic E-state index is 0.156. The number of carbonyl (C=O) groups excluding carboxylic acids is 1. The van der Waals surface area contributed by atoms with Gasteiger partial charge in [0.2, 0.25) is 11.8 Å². The predicted molar refractivity (Wildman–Crippen MR) is 117 cm³/mol. The lowest BCUT2D eigenvalue weighted by Gasteiger charge is -2.25. The molecule has 0 bridgehead atoms. The number of hydrazine groups is 1. The van der Waals surface area contributed by atoms with Crippen molar-refractivity contribution >= 4 is 29.0 Å². The number of amides is 1. The number of benzene rings is 3. The minimum atomic E-state index is -0.171. The minimum Gasteiger partial charge on any atom is -0.416 e. The first-order valence-electron chi connectivity index (χ1n) is 9.47. The first kappa shape index (κ1) is 19.7. The molecule has 7 heteroatoms. The molecule has 0 saturated heterocycles. The molecule has 3 aromatic carbocycles. The van der Waals surface area contributed by atoms with Crippen molar-refractivity contribution in [2.24, 2.45) is 0 Å². The third-order valence-electron chi connectivity index (χ3n) is 4.24. The lowest BCUT2D eigenvalue weighted by atomic mass is 10.2. The standard InChI is InChI=1S/C23H20N4O2S/c28-21(17-30-23-25-24-22(29-23)16-18-10-4-1-5-11-18)26-27(19-12-6-2-7-13-19)20-14-8-3-9-15-20/h1-15H,16-17H2,(H,26,28). The van der Waals surface area contributed by atoms with Crippen LogP contribution >= 0.6 is 11.8 Å². The molecule has 30 heavy (non-hydrogen) atoms. The molecule has 0 aliphatic carbocycles. The van der Waals surface area contributed by atoms with Crippen LogP contribution in [0.3, 0.4) is 0 Å². The van der Waals surface area contributed by atoms with E-state index in [0.717, 1.165) is 16.9 Å². The van der Waals surface area contributed by atoms with Crippen molar-refractivity contribution in [2.45, 2.75) is 11.6 Å². The molecule has 0 saturated carbocycles. The third kappa shape index (κ3) is 5.27. The number of hydrogen-bond acceptors (Lipinski definition) is 6. The van der Waals surface area contributed by atoms with Crippen LogP contribution in [-0.4, -0.2) is 21.9 Å². The Morgan fingerprint density at radius 3 is 2.00 bits per heavy atom. The maximum Gasteiger partial charge on any atom is 0.277 e. The topological polar surface area (TPSA) is 71.3 Å². The van der Waals surface area contributed by atoms with Crippen LogP contribution in [0.25, 0.3) is 0 Å². The molecule has 150 valence electrons. The average Bonchev–Trinajstić information content (AvgIpc) is 3.25. The van der Waals surface area contributed by atoms with Gasteiger partial charge in [-0.15, -0.1) is 10.2 Å². The van der Waals surface area contributed by atoms with Crippen molar-refractivity contribution in [1.82, 2.24) is 15.6 Å². The summed E-state index contributed by atoms with van der Waals surface area (Å²) < 4.78 is 5.66. The van der Waals surface area contributed by atoms with Crippen LogP contribution in [0.2, 0.25) is 0 Å². The smallest absolute Gasteiger partial charge is 0.277 e. The Hall–Kier alpha value is -3.58. The van der Waals surface area contributed by atoms with E-state index in [1.807, 2.05) is 91.0 Å². The summed E-state index contributed by atoms with van der Waals surface area (Å²) in [5.41, 5.74) is 5.78. The number of nitrogens with zero attached hydrogens (tertiary/aromatic N) is 3. The van der Waals surface area contributed by atoms with Gasteiger partial charge in [-0.3, -0.25) is 15.2 Å². The van der Waals surface area contributed by atoms with Crippen LogP contribution < -0.4 is 10.4 Å². The van der Waals surface area contributed by atoms with Crippen molar-refractivity contribution in [3.05, 3.63) is 102 Å². The molecule has 0 spiro atoms. The Morgan fingerprint density at radius 1 is 0.833 bits per heavy atom. The van der Waals surface area contributed by atoms with Crippen molar-refractivity contribution in [1.29, 1.82) is 0 Å². The van der Waals surface area contributed by atoms with Gasteiger partial charge in [0.1, 0.15) is 0 Å². The summed E-state index contributed by atoms with van der Waals surface area (Å²) in [6.45, 7) is 0. The van der Waals surface area contributed by atoms with E-state index in [0.29, 0.717) is 17.5 Å². The SMILES string of the molecule is O=C(CSc1nnc(Cc2ccccc2)o1)NN(c1ccccc1)c1ccccc1. The van der Waals surface area contributed by atoms with E-state index in [4.69, 9.17) is 4.42 Å². The zero-order valence-electron chi connectivity index (χ0n) is 16.1. The normalized spacial score (nSPS) is 10.5. The van der Waals surface area contributed by atoms with Crippen LogP contribution in [0, 0.1) is 0 Å². The summed E-state index contributed by atoms with van der Waals surface area (Å²) in [7, 11) is 0.